The smallest absolute Gasteiger partial charge is 0.300 e. The van der Waals surface area contributed by atoms with E-state index in [2.05, 4.69) is 21.7 Å². The van der Waals surface area contributed by atoms with Crippen LogP contribution in [0, 0.1) is 52.3 Å². The molecule has 2 unspecified atom stereocenters. The summed E-state index contributed by atoms with van der Waals surface area (Å²) in [6.45, 7) is 2.48. The second kappa shape index (κ2) is 12.0. The highest BCUT2D eigenvalue weighted by Gasteiger charge is 2.32. The maximum absolute atomic E-state index is 12.4. The molecule has 0 fully saturated rings. The van der Waals surface area contributed by atoms with E-state index in [9.17, 15) is 55.2 Å². The summed E-state index contributed by atoms with van der Waals surface area (Å²) in [6, 6.07) is 5.29. The fourth-order valence-electron chi connectivity index (χ4n) is 3.01. The summed E-state index contributed by atoms with van der Waals surface area (Å²) in [5, 5.41) is 54.5. The van der Waals surface area contributed by atoms with Gasteiger partial charge in [-0.05, 0) is 12.1 Å². The van der Waals surface area contributed by atoms with E-state index in [-0.39, 0.29) is 11.4 Å². The van der Waals surface area contributed by atoms with Crippen LogP contribution in [0.15, 0.2) is 36.4 Å². The average Bonchev–Trinajstić information content (AvgIpc) is 2.88. The van der Waals surface area contributed by atoms with Crippen molar-refractivity contribution in [3.8, 4) is 0 Å². The van der Waals surface area contributed by atoms with Crippen LogP contribution >= 0.6 is 0 Å². The molecule has 0 aromatic heterocycles. The molecule has 0 radical (unpaired) electrons. The number of aliphatic hydroxyl groups excluding tert-OH is 1. The minimum absolute atomic E-state index is 0.282. The Morgan fingerprint density at radius 3 is 1.32 bits per heavy atom. The molecule has 0 saturated heterocycles. The first kappa shape index (κ1) is 28.8. The maximum atomic E-state index is 12.4. The molecule has 0 aliphatic heterocycles. The molecule has 2 aromatic rings. The molecule has 0 bridgehead atoms. The van der Waals surface area contributed by atoms with Gasteiger partial charge >= 0.3 is 11.4 Å². The lowest BCUT2D eigenvalue weighted by Crippen LogP contribution is -2.46. The van der Waals surface area contributed by atoms with Crippen molar-refractivity contribution < 1.29 is 34.4 Å². The lowest BCUT2D eigenvalue weighted by molar-refractivity contribution is -0.393. The maximum Gasteiger partial charge on any atom is 0.300 e. The third-order valence-corrected chi connectivity index (χ3v) is 5.27. The predicted molar refractivity (Wildman–Crippen MR) is 127 cm³/mol. The summed E-state index contributed by atoms with van der Waals surface area (Å²) in [7, 11) is 0. The molecule has 2 aromatic carbocycles. The molecule has 0 spiro atoms. The number of nitro benzene ring substituents is 4. The lowest BCUT2D eigenvalue weighted by Gasteiger charge is -2.24. The minimum Gasteiger partial charge on any atom is -0.391 e. The van der Waals surface area contributed by atoms with Crippen molar-refractivity contribution in [2.24, 2.45) is 11.8 Å². The molecular formula is C19H20N8O11. The molecule has 2 rings (SSSR count). The lowest BCUT2D eigenvalue weighted by atomic mass is 9.92. The number of aliphatic hydroxyl groups is 1. The standard InChI is InChI=1S/C19H20N8O11/c1-9(18(29)22-20-13-5-3-11(24(31)32)7-15(13)26(35)36)17(28)10(2)19(30)23-21-14-6-4-12(25(33)34)8-16(14)27(37)38/h3-10,17,20-21,28H,1-2H3,(H,22,29)(H,23,30). The monoisotopic (exact) mass is 536 g/mol. The zero-order chi connectivity index (χ0) is 28.7. The van der Waals surface area contributed by atoms with Gasteiger partial charge in [-0.1, -0.05) is 13.8 Å². The summed E-state index contributed by atoms with van der Waals surface area (Å²) in [5.41, 5.74) is 5.63. The van der Waals surface area contributed by atoms with Gasteiger partial charge in [0.05, 0.1) is 49.8 Å². The third kappa shape index (κ3) is 6.81. The van der Waals surface area contributed by atoms with Crippen LogP contribution in [0.5, 0.6) is 0 Å². The molecule has 2 amide bonds. The van der Waals surface area contributed by atoms with E-state index in [0.29, 0.717) is 12.1 Å². The SMILES string of the molecule is CC(C(=O)NNc1ccc([N+](=O)[O-])cc1[N+](=O)[O-])C(O)C(C)C(=O)NNc1ccc([N+](=O)[O-])cc1[N+](=O)[O-]. The summed E-state index contributed by atoms with van der Waals surface area (Å²) in [4.78, 5) is 65.4. The average molecular weight is 536 g/mol. The number of carbonyl (C=O) groups is 2. The molecule has 19 nitrogen and oxygen atoms in total. The van der Waals surface area contributed by atoms with Crippen LogP contribution in [-0.4, -0.2) is 42.7 Å². The van der Waals surface area contributed by atoms with Gasteiger partial charge < -0.3 is 5.11 Å². The number of nitrogens with zero attached hydrogens (tertiary/aromatic N) is 4. The first-order valence-corrected chi connectivity index (χ1v) is 10.4. The van der Waals surface area contributed by atoms with Crippen molar-refractivity contribution in [1.29, 1.82) is 0 Å². The van der Waals surface area contributed by atoms with E-state index in [1.165, 1.54) is 13.8 Å². The second-order valence-electron chi connectivity index (χ2n) is 7.73. The Labute approximate surface area is 211 Å². The van der Waals surface area contributed by atoms with E-state index >= 15 is 0 Å². The highest BCUT2D eigenvalue weighted by Crippen LogP contribution is 2.29. The van der Waals surface area contributed by atoms with E-state index in [1.807, 2.05) is 0 Å². The van der Waals surface area contributed by atoms with Crippen LogP contribution in [0.3, 0.4) is 0 Å². The molecule has 5 N–H and O–H groups in total. The second-order valence-corrected chi connectivity index (χ2v) is 7.73. The van der Waals surface area contributed by atoms with Gasteiger partial charge in [0, 0.05) is 12.1 Å². The van der Waals surface area contributed by atoms with E-state index in [4.69, 9.17) is 0 Å². The third-order valence-electron chi connectivity index (χ3n) is 5.27. The number of hydrogen-bond donors (Lipinski definition) is 5. The number of nitrogens with one attached hydrogen (secondary N) is 4. The summed E-state index contributed by atoms with van der Waals surface area (Å²) < 4.78 is 0. The molecule has 19 heteroatoms. The highest BCUT2D eigenvalue weighted by atomic mass is 16.6. The quantitative estimate of drug-likeness (QED) is 0.190. The van der Waals surface area contributed by atoms with Gasteiger partial charge in [-0.15, -0.1) is 0 Å². The van der Waals surface area contributed by atoms with Crippen molar-refractivity contribution in [1.82, 2.24) is 10.9 Å². The fraction of sp³-hybridized carbons (Fsp3) is 0.263. The molecule has 38 heavy (non-hydrogen) atoms. The first-order chi connectivity index (χ1) is 17.7. The van der Waals surface area contributed by atoms with E-state index in [1.54, 1.807) is 0 Å². The van der Waals surface area contributed by atoms with Crippen LogP contribution < -0.4 is 21.7 Å². The van der Waals surface area contributed by atoms with Crippen LogP contribution in [0.4, 0.5) is 34.1 Å². The summed E-state index contributed by atoms with van der Waals surface area (Å²) in [6.07, 6.45) is -1.61. The first-order valence-electron chi connectivity index (χ1n) is 10.4. The zero-order valence-electron chi connectivity index (χ0n) is 19.5. The van der Waals surface area contributed by atoms with Crippen LogP contribution in [0.1, 0.15) is 13.8 Å². The fourth-order valence-corrected chi connectivity index (χ4v) is 3.01. The van der Waals surface area contributed by atoms with Gasteiger partial charge in [0.15, 0.2) is 0 Å². The Kier molecular flexibility index (Phi) is 9.08. The van der Waals surface area contributed by atoms with Gasteiger partial charge in [0.2, 0.25) is 11.8 Å². The molecular weight excluding hydrogens is 516 g/mol. The summed E-state index contributed by atoms with van der Waals surface area (Å²) >= 11 is 0. The molecule has 2 atom stereocenters. The summed E-state index contributed by atoms with van der Waals surface area (Å²) in [5.74, 6) is -4.34. The van der Waals surface area contributed by atoms with Crippen molar-refractivity contribution in [3.63, 3.8) is 0 Å². The molecule has 0 aliphatic rings. The number of benzene rings is 2. The molecule has 202 valence electrons. The van der Waals surface area contributed by atoms with Crippen LogP contribution in [0.25, 0.3) is 0 Å². The number of nitro groups is 4. The van der Waals surface area contributed by atoms with Gasteiger partial charge in [0.1, 0.15) is 11.4 Å². The number of amides is 2. The van der Waals surface area contributed by atoms with Crippen molar-refractivity contribution >= 4 is 45.9 Å². The number of non-ortho nitro benzene ring substituents is 2. The van der Waals surface area contributed by atoms with Gasteiger partial charge in [0.25, 0.3) is 11.4 Å². The Morgan fingerprint density at radius 1 is 0.684 bits per heavy atom. The van der Waals surface area contributed by atoms with Crippen molar-refractivity contribution in [2.75, 3.05) is 10.9 Å². The Hall–Kier alpha value is -5.46. The van der Waals surface area contributed by atoms with Gasteiger partial charge in [-0.25, -0.2) is 0 Å². The number of hydrazine groups is 2. The number of anilines is 2. The number of carbonyl (C=O) groups excluding carboxylic acids is 2. The number of hydrogen-bond acceptors (Lipinski definition) is 13. The van der Waals surface area contributed by atoms with Gasteiger partial charge in [-0.2, -0.15) is 0 Å². The van der Waals surface area contributed by atoms with E-state index < -0.39 is 72.2 Å². The molecule has 0 heterocycles. The molecule has 0 saturated carbocycles. The van der Waals surface area contributed by atoms with Crippen molar-refractivity contribution in [2.45, 2.75) is 20.0 Å². The zero-order valence-corrected chi connectivity index (χ0v) is 19.5. The topological polar surface area (TPSA) is 275 Å². The Balaban J connectivity index is 2.02. The normalized spacial score (nSPS) is 12.8. The van der Waals surface area contributed by atoms with Crippen LogP contribution in [0.2, 0.25) is 0 Å². The minimum atomic E-state index is -1.61. The van der Waals surface area contributed by atoms with Gasteiger partial charge in [-0.3, -0.25) is 71.7 Å². The van der Waals surface area contributed by atoms with Crippen molar-refractivity contribution in [3.05, 3.63) is 76.9 Å². The highest BCUT2D eigenvalue weighted by molar-refractivity contribution is 5.84. The largest absolute Gasteiger partial charge is 0.391 e. The predicted octanol–water partition coefficient (Wildman–Crippen LogP) is 1.54. The Bertz CT molecular complexity index is 1200. The Morgan fingerprint density at radius 2 is 1.03 bits per heavy atom. The number of rotatable bonds is 12. The molecule has 0 aliphatic carbocycles. The van der Waals surface area contributed by atoms with Crippen LogP contribution in [-0.2, 0) is 9.59 Å². The van der Waals surface area contributed by atoms with E-state index in [0.717, 1.165) is 24.3 Å².